The van der Waals surface area contributed by atoms with Gasteiger partial charge >= 0.3 is 0 Å². The molecule has 0 aliphatic rings. The molecule has 1 aromatic heterocycles. The van der Waals surface area contributed by atoms with Crippen LogP contribution in [-0.4, -0.2) is 43.1 Å². The molecule has 1 amide bonds. The molecule has 0 spiro atoms. The second-order valence-corrected chi connectivity index (χ2v) is 5.91. The van der Waals surface area contributed by atoms with Crippen molar-refractivity contribution in [1.29, 1.82) is 0 Å². The average Bonchev–Trinajstić information content (AvgIpc) is 2.67. The number of aromatic nitrogens is 1. The maximum Gasteiger partial charge on any atom is 0.272 e. The first-order valence-electron chi connectivity index (χ1n) is 8.87. The van der Waals surface area contributed by atoms with Crippen molar-refractivity contribution in [2.24, 2.45) is 0 Å². The lowest BCUT2D eigenvalue weighted by Crippen LogP contribution is -2.33. The number of nitrogens with one attached hydrogen (secondary N) is 1. The molecule has 2 rings (SSSR count). The summed E-state index contributed by atoms with van der Waals surface area (Å²) in [5.74, 6) is 1.36. The van der Waals surface area contributed by atoms with Gasteiger partial charge in [-0.25, -0.2) is 0 Å². The van der Waals surface area contributed by atoms with Crippen LogP contribution in [0.15, 0.2) is 36.5 Å². The molecule has 0 saturated heterocycles. The van der Waals surface area contributed by atoms with Gasteiger partial charge in [0.15, 0.2) is 0 Å². The monoisotopic (exact) mass is 357 g/mol. The third-order valence-corrected chi connectivity index (χ3v) is 3.94. The molecule has 0 atom stereocenters. The molecule has 1 N–H and O–H groups in total. The normalized spacial score (nSPS) is 10.3. The van der Waals surface area contributed by atoms with Crippen LogP contribution in [0.3, 0.4) is 0 Å². The highest BCUT2D eigenvalue weighted by atomic mass is 16.5. The first kappa shape index (κ1) is 19.6. The van der Waals surface area contributed by atoms with Gasteiger partial charge in [0.2, 0.25) is 0 Å². The van der Waals surface area contributed by atoms with E-state index in [2.05, 4.69) is 24.1 Å². The van der Waals surface area contributed by atoms with Crippen molar-refractivity contribution in [3.8, 4) is 11.5 Å². The van der Waals surface area contributed by atoms with Crippen LogP contribution in [0.4, 0.5) is 11.4 Å². The molecule has 0 unspecified atom stereocenters. The second kappa shape index (κ2) is 9.65. The summed E-state index contributed by atoms with van der Waals surface area (Å²) < 4.78 is 10.7. The summed E-state index contributed by atoms with van der Waals surface area (Å²) in [6.45, 7) is 5.60. The summed E-state index contributed by atoms with van der Waals surface area (Å²) >= 11 is 0. The van der Waals surface area contributed by atoms with E-state index in [0.29, 0.717) is 11.4 Å². The van der Waals surface area contributed by atoms with E-state index in [4.69, 9.17) is 9.47 Å². The maximum absolute atomic E-state index is 12.7. The highest BCUT2D eigenvalue weighted by Crippen LogP contribution is 2.31. The number of ether oxygens (including phenoxy) is 2. The largest absolute Gasteiger partial charge is 0.497 e. The third kappa shape index (κ3) is 4.88. The van der Waals surface area contributed by atoms with E-state index >= 15 is 0 Å². The van der Waals surface area contributed by atoms with Crippen molar-refractivity contribution in [3.63, 3.8) is 0 Å². The Kier molecular flexibility index (Phi) is 7.26. The van der Waals surface area contributed by atoms with Gasteiger partial charge in [-0.2, -0.15) is 0 Å². The molecule has 0 aliphatic heterocycles. The predicted octanol–water partition coefficient (Wildman–Crippen LogP) is 4.10. The van der Waals surface area contributed by atoms with E-state index in [0.717, 1.165) is 43.1 Å². The minimum absolute atomic E-state index is 0.0463. The van der Waals surface area contributed by atoms with Crippen molar-refractivity contribution in [1.82, 2.24) is 9.88 Å². The van der Waals surface area contributed by atoms with Crippen LogP contribution in [-0.2, 0) is 0 Å². The molecule has 0 radical (unpaired) electrons. The van der Waals surface area contributed by atoms with Gasteiger partial charge in [-0.15, -0.1) is 0 Å². The summed E-state index contributed by atoms with van der Waals surface area (Å²) in [6, 6.07) is 9.10. The molecule has 1 aromatic carbocycles. The molecule has 140 valence electrons. The fourth-order valence-corrected chi connectivity index (χ4v) is 2.71. The zero-order chi connectivity index (χ0) is 18.9. The van der Waals surface area contributed by atoms with Crippen LogP contribution in [0.5, 0.6) is 11.5 Å². The van der Waals surface area contributed by atoms with Gasteiger partial charge in [-0.3, -0.25) is 9.78 Å². The highest BCUT2D eigenvalue weighted by molar-refractivity contribution is 5.93. The fraction of sp³-hybridized carbons (Fsp3) is 0.400. The summed E-state index contributed by atoms with van der Waals surface area (Å²) in [4.78, 5) is 18.8. The Bertz CT molecular complexity index is 728. The number of methoxy groups -OCH3 is 2. The number of pyridine rings is 1. The Morgan fingerprint density at radius 3 is 2.42 bits per heavy atom. The maximum atomic E-state index is 12.7. The Labute approximate surface area is 155 Å². The van der Waals surface area contributed by atoms with Crippen LogP contribution in [0.2, 0.25) is 0 Å². The van der Waals surface area contributed by atoms with Gasteiger partial charge in [0.05, 0.1) is 19.9 Å². The molecular weight excluding hydrogens is 330 g/mol. The minimum Gasteiger partial charge on any atom is -0.497 e. The van der Waals surface area contributed by atoms with Crippen LogP contribution >= 0.6 is 0 Å². The molecule has 6 heteroatoms. The lowest BCUT2D eigenvalue weighted by Gasteiger charge is -2.21. The molecule has 0 saturated carbocycles. The number of anilines is 2. The van der Waals surface area contributed by atoms with Gasteiger partial charge in [-0.05, 0) is 37.1 Å². The van der Waals surface area contributed by atoms with Gasteiger partial charge in [0.1, 0.15) is 17.2 Å². The zero-order valence-corrected chi connectivity index (χ0v) is 15.9. The number of amides is 1. The number of rotatable bonds is 9. The first-order chi connectivity index (χ1) is 12.6. The average molecular weight is 357 g/mol. The quantitative estimate of drug-likeness (QED) is 0.732. The Balaban J connectivity index is 2.25. The third-order valence-electron chi connectivity index (χ3n) is 3.94. The van der Waals surface area contributed by atoms with Gasteiger partial charge in [0, 0.05) is 31.0 Å². The van der Waals surface area contributed by atoms with E-state index in [1.165, 1.54) is 0 Å². The molecule has 6 nitrogen and oxygen atoms in total. The lowest BCUT2D eigenvalue weighted by molar-refractivity contribution is 0.0749. The Morgan fingerprint density at radius 1 is 1.08 bits per heavy atom. The van der Waals surface area contributed by atoms with E-state index in [-0.39, 0.29) is 5.91 Å². The minimum atomic E-state index is -0.0463. The van der Waals surface area contributed by atoms with Crippen LogP contribution < -0.4 is 14.8 Å². The molecule has 0 aliphatic carbocycles. The van der Waals surface area contributed by atoms with E-state index in [1.807, 2.05) is 29.2 Å². The standard InChI is InChI=1S/C20H27N3O3/c1-5-11-23(12-6-2)20(24)18-13-15(9-10-21-18)22-17-14-16(25-3)7-8-19(17)26-4/h7-10,13-14H,5-6,11-12H2,1-4H3,(H,21,22). The fourth-order valence-electron chi connectivity index (χ4n) is 2.71. The first-order valence-corrected chi connectivity index (χ1v) is 8.87. The van der Waals surface area contributed by atoms with Crippen molar-refractivity contribution in [3.05, 3.63) is 42.2 Å². The highest BCUT2D eigenvalue weighted by Gasteiger charge is 2.16. The summed E-state index contributed by atoms with van der Waals surface area (Å²) in [5, 5.41) is 3.28. The van der Waals surface area contributed by atoms with Gasteiger partial charge in [-0.1, -0.05) is 13.8 Å². The second-order valence-electron chi connectivity index (χ2n) is 5.91. The van der Waals surface area contributed by atoms with Crippen molar-refractivity contribution < 1.29 is 14.3 Å². The van der Waals surface area contributed by atoms with E-state index < -0.39 is 0 Å². The molecule has 26 heavy (non-hydrogen) atoms. The van der Waals surface area contributed by atoms with Gasteiger partial charge < -0.3 is 19.7 Å². The van der Waals surface area contributed by atoms with Crippen LogP contribution in [0.25, 0.3) is 0 Å². The number of hydrogen-bond donors (Lipinski definition) is 1. The number of carbonyl (C=O) groups is 1. The summed E-state index contributed by atoms with van der Waals surface area (Å²) in [5.41, 5.74) is 1.96. The zero-order valence-electron chi connectivity index (χ0n) is 15.9. The summed E-state index contributed by atoms with van der Waals surface area (Å²) in [7, 11) is 3.23. The van der Waals surface area contributed by atoms with Crippen molar-refractivity contribution >= 4 is 17.3 Å². The van der Waals surface area contributed by atoms with Crippen LogP contribution in [0, 0.1) is 0 Å². The SMILES string of the molecule is CCCN(CCC)C(=O)c1cc(Nc2cc(OC)ccc2OC)ccn1. The summed E-state index contributed by atoms with van der Waals surface area (Å²) in [6.07, 6.45) is 3.48. The molecule has 0 bridgehead atoms. The van der Waals surface area contributed by atoms with E-state index in [9.17, 15) is 4.79 Å². The Morgan fingerprint density at radius 2 is 1.81 bits per heavy atom. The predicted molar refractivity (Wildman–Crippen MR) is 104 cm³/mol. The lowest BCUT2D eigenvalue weighted by atomic mass is 10.2. The number of benzene rings is 1. The van der Waals surface area contributed by atoms with Crippen molar-refractivity contribution in [2.75, 3.05) is 32.6 Å². The van der Waals surface area contributed by atoms with Crippen molar-refractivity contribution in [2.45, 2.75) is 26.7 Å². The van der Waals surface area contributed by atoms with Crippen LogP contribution in [0.1, 0.15) is 37.2 Å². The van der Waals surface area contributed by atoms with Gasteiger partial charge in [0.25, 0.3) is 5.91 Å². The topological polar surface area (TPSA) is 63.7 Å². The molecule has 1 heterocycles. The number of nitrogens with zero attached hydrogens (tertiary/aromatic N) is 2. The molecule has 2 aromatic rings. The van der Waals surface area contributed by atoms with E-state index in [1.54, 1.807) is 26.5 Å². The molecule has 0 fully saturated rings. The number of hydrogen-bond acceptors (Lipinski definition) is 5. The smallest absolute Gasteiger partial charge is 0.272 e. The Hall–Kier alpha value is -2.76. The number of carbonyl (C=O) groups excluding carboxylic acids is 1. The molecular formula is C20H27N3O3.